The third kappa shape index (κ3) is 5.16. The van der Waals surface area contributed by atoms with Crippen LogP contribution in [-0.4, -0.2) is 60.6 Å². The predicted octanol–water partition coefficient (Wildman–Crippen LogP) is 3.90. The molecule has 0 unspecified atom stereocenters. The average Bonchev–Trinajstić information content (AvgIpc) is 3.40. The number of rotatable bonds is 7. The van der Waals surface area contributed by atoms with Crippen LogP contribution < -0.4 is 14.8 Å². The highest BCUT2D eigenvalue weighted by Gasteiger charge is 2.31. The molecule has 0 bridgehead atoms. The van der Waals surface area contributed by atoms with Gasteiger partial charge < -0.3 is 24.8 Å². The number of likely N-dealkylation sites (tertiary alicyclic amines) is 1. The van der Waals surface area contributed by atoms with E-state index in [1.165, 1.54) is 12.1 Å². The highest BCUT2D eigenvalue weighted by Crippen LogP contribution is 2.36. The van der Waals surface area contributed by atoms with Crippen molar-refractivity contribution >= 4 is 34.1 Å². The van der Waals surface area contributed by atoms with E-state index in [0.717, 1.165) is 36.7 Å². The molecule has 0 aromatic heterocycles. The molecule has 2 heterocycles. The van der Waals surface area contributed by atoms with Crippen LogP contribution in [0.3, 0.4) is 0 Å². The minimum Gasteiger partial charge on any atom is -0.486 e. The number of hydrogen-bond donors (Lipinski definition) is 2. The van der Waals surface area contributed by atoms with Gasteiger partial charge in [0.2, 0.25) is 5.78 Å². The fraction of sp³-hybridized carbons (Fsp3) is 0.333. The molecule has 1 amide bonds. The van der Waals surface area contributed by atoms with Gasteiger partial charge in [-0.2, -0.15) is 0 Å². The Bertz CT molecular complexity index is 1310. The first-order chi connectivity index (χ1) is 17.4. The quantitative estimate of drug-likeness (QED) is 0.369. The smallest absolute Gasteiger partial charge is 0.292 e. The lowest BCUT2D eigenvalue weighted by molar-refractivity contribution is -0.118. The van der Waals surface area contributed by atoms with Crippen LogP contribution in [0.1, 0.15) is 34.9 Å². The van der Waals surface area contributed by atoms with Crippen LogP contribution in [0.25, 0.3) is 10.8 Å². The summed E-state index contributed by atoms with van der Waals surface area (Å²) >= 11 is 6.07. The van der Waals surface area contributed by atoms with Crippen LogP contribution in [0.5, 0.6) is 11.5 Å². The summed E-state index contributed by atoms with van der Waals surface area (Å²) in [6, 6.07) is 12.1. The van der Waals surface area contributed by atoms with Gasteiger partial charge in [-0.25, -0.2) is 4.39 Å². The Kier molecular flexibility index (Phi) is 7.09. The largest absolute Gasteiger partial charge is 0.486 e. The molecular weight excluding hydrogens is 487 g/mol. The molecule has 0 saturated carbocycles. The van der Waals surface area contributed by atoms with Crippen LogP contribution in [0.2, 0.25) is 5.02 Å². The first-order valence-electron chi connectivity index (χ1n) is 11.9. The van der Waals surface area contributed by atoms with E-state index in [2.05, 4.69) is 10.2 Å². The van der Waals surface area contributed by atoms with E-state index < -0.39 is 29.7 Å². The maximum Gasteiger partial charge on any atom is 0.292 e. The molecule has 9 heteroatoms. The number of aliphatic hydroxyl groups excluding tert-OH is 1. The summed E-state index contributed by atoms with van der Waals surface area (Å²) in [5.41, 5.74) is 0.441. The molecule has 36 heavy (non-hydrogen) atoms. The van der Waals surface area contributed by atoms with Crippen molar-refractivity contribution in [2.45, 2.75) is 25.0 Å². The fourth-order valence-corrected chi connectivity index (χ4v) is 4.91. The fourth-order valence-electron chi connectivity index (χ4n) is 4.73. The van der Waals surface area contributed by atoms with Gasteiger partial charge in [0, 0.05) is 17.1 Å². The maximum absolute atomic E-state index is 14.7. The standard InChI is InChI=1S/C27H26ClFN2O5/c28-20-6-5-16-3-4-17(11-18(16)12-20)25(33)27(34)30-22(15-31-7-1-2-8-31)24(32)19-13-21(29)26-23(14-19)35-9-10-36-26/h3-6,11-14,22,24,32H,1-2,7-10,15H2,(H,30,34)/t22-,24-/m1/s1. The van der Waals surface area contributed by atoms with Gasteiger partial charge in [0.1, 0.15) is 19.3 Å². The Morgan fingerprint density at radius 1 is 1.03 bits per heavy atom. The number of hydrogen-bond acceptors (Lipinski definition) is 6. The summed E-state index contributed by atoms with van der Waals surface area (Å²) in [4.78, 5) is 28.1. The molecule has 5 rings (SSSR count). The summed E-state index contributed by atoms with van der Waals surface area (Å²) < 4.78 is 25.5. The molecule has 2 atom stereocenters. The van der Waals surface area contributed by atoms with Gasteiger partial charge in [-0.1, -0.05) is 29.8 Å². The molecule has 2 aliphatic heterocycles. The number of amides is 1. The minimum absolute atomic E-state index is 0.00362. The Hall–Kier alpha value is -3.20. The van der Waals surface area contributed by atoms with E-state index in [-0.39, 0.29) is 35.8 Å². The van der Waals surface area contributed by atoms with Crippen LogP contribution in [0, 0.1) is 5.82 Å². The highest BCUT2D eigenvalue weighted by atomic mass is 35.5. The molecule has 3 aromatic carbocycles. The lowest BCUT2D eigenvalue weighted by atomic mass is 9.99. The molecule has 0 spiro atoms. The SMILES string of the molecule is O=C(N[C@H](CN1CCCC1)[C@H](O)c1cc(F)c2c(c1)OCCO2)C(=O)c1ccc2ccc(Cl)cc2c1. The number of ether oxygens (including phenoxy) is 2. The summed E-state index contributed by atoms with van der Waals surface area (Å²) in [5, 5.41) is 16.1. The minimum atomic E-state index is -1.27. The molecule has 188 valence electrons. The van der Waals surface area contributed by atoms with E-state index in [9.17, 15) is 19.1 Å². The lowest BCUT2D eigenvalue weighted by Crippen LogP contribution is -2.48. The number of benzene rings is 3. The van der Waals surface area contributed by atoms with Crippen LogP contribution >= 0.6 is 11.6 Å². The second kappa shape index (κ2) is 10.4. The van der Waals surface area contributed by atoms with Crippen LogP contribution in [0.4, 0.5) is 4.39 Å². The second-order valence-corrected chi connectivity index (χ2v) is 9.53. The van der Waals surface area contributed by atoms with Crippen molar-refractivity contribution in [2.24, 2.45) is 0 Å². The van der Waals surface area contributed by atoms with E-state index >= 15 is 0 Å². The van der Waals surface area contributed by atoms with Crippen molar-refractivity contribution in [3.05, 3.63) is 70.5 Å². The molecule has 1 saturated heterocycles. The zero-order valence-corrected chi connectivity index (χ0v) is 20.3. The zero-order chi connectivity index (χ0) is 25.2. The van der Waals surface area contributed by atoms with Crippen molar-refractivity contribution < 1.29 is 28.6 Å². The molecule has 3 aromatic rings. The molecule has 0 radical (unpaired) electrons. The Balaban J connectivity index is 1.39. The van der Waals surface area contributed by atoms with Crippen molar-refractivity contribution in [3.8, 4) is 11.5 Å². The van der Waals surface area contributed by atoms with Crippen LogP contribution in [0.15, 0.2) is 48.5 Å². The summed E-state index contributed by atoms with van der Waals surface area (Å²) in [7, 11) is 0. The van der Waals surface area contributed by atoms with Gasteiger partial charge in [-0.05, 0) is 72.6 Å². The molecule has 1 fully saturated rings. The van der Waals surface area contributed by atoms with Crippen LogP contribution in [-0.2, 0) is 4.79 Å². The third-order valence-corrected chi connectivity index (χ3v) is 6.82. The Labute approximate surface area is 212 Å². The van der Waals surface area contributed by atoms with Crippen molar-refractivity contribution in [1.82, 2.24) is 10.2 Å². The van der Waals surface area contributed by atoms with E-state index in [0.29, 0.717) is 11.6 Å². The lowest BCUT2D eigenvalue weighted by Gasteiger charge is -2.29. The second-order valence-electron chi connectivity index (χ2n) is 9.09. The first-order valence-corrected chi connectivity index (χ1v) is 12.3. The van der Waals surface area contributed by atoms with Gasteiger partial charge >= 0.3 is 0 Å². The van der Waals surface area contributed by atoms with Gasteiger partial charge in [0.25, 0.3) is 5.91 Å². The number of aliphatic hydroxyl groups is 1. The van der Waals surface area contributed by atoms with Gasteiger partial charge in [0.15, 0.2) is 17.3 Å². The number of Topliss-reactive ketones (excluding diaryl/α,β-unsaturated/α-hetero) is 1. The molecule has 7 nitrogen and oxygen atoms in total. The first kappa shape index (κ1) is 24.5. The van der Waals surface area contributed by atoms with Crippen molar-refractivity contribution in [3.63, 3.8) is 0 Å². The van der Waals surface area contributed by atoms with Gasteiger partial charge in [0.05, 0.1) is 6.04 Å². The van der Waals surface area contributed by atoms with Crippen molar-refractivity contribution in [2.75, 3.05) is 32.8 Å². The predicted molar refractivity (Wildman–Crippen MR) is 133 cm³/mol. The van der Waals surface area contributed by atoms with E-state index in [4.69, 9.17) is 21.1 Å². The number of ketones is 1. The molecular formula is C27H26ClFN2O5. The summed E-state index contributed by atoms with van der Waals surface area (Å²) in [6.07, 6.45) is 0.741. The number of halogens is 2. The topological polar surface area (TPSA) is 88.1 Å². The summed E-state index contributed by atoms with van der Waals surface area (Å²) in [6.45, 7) is 2.44. The van der Waals surface area contributed by atoms with E-state index in [1.54, 1.807) is 30.3 Å². The molecule has 2 aliphatic rings. The normalized spacial score (nSPS) is 17.1. The number of nitrogens with one attached hydrogen (secondary N) is 1. The third-order valence-electron chi connectivity index (χ3n) is 6.58. The van der Waals surface area contributed by atoms with Gasteiger partial charge in [-0.3, -0.25) is 9.59 Å². The monoisotopic (exact) mass is 512 g/mol. The number of carbonyl (C=O) groups is 2. The highest BCUT2D eigenvalue weighted by molar-refractivity contribution is 6.43. The average molecular weight is 513 g/mol. The zero-order valence-electron chi connectivity index (χ0n) is 19.5. The maximum atomic E-state index is 14.7. The molecule has 0 aliphatic carbocycles. The van der Waals surface area contributed by atoms with Crippen molar-refractivity contribution in [1.29, 1.82) is 0 Å². The van der Waals surface area contributed by atoms with Gasteiger partial charge in [-0.15, -0.1) is 0 Å². The number of fused-ring (bicyclic) bond motifs is 2. The Morgan fingerprint density at radius 2 is 1.78 bits per heavy atom. The summed E-state index contributed by atoms with van der Waals surface area (Å²) in [5.74, 6) is -2.03. The number of nitrogens with zero attached hydrogens (tertiary/aromatic N) is 1. The van der Waals surface area contributed by atoms with E-state index in [1.807, 2.05) is 6.07 Å². The number of carbonyl (C=O) groups excluding carboxylic acids is 2. The Morgan fingerprint density at radius 3 is 2.58 bits per heavy atom. The molecule has 2 N–H and O–H groups in total.